The van der Waals surface area contributed by atoms with Crippen molar-refractivity contribution in [3.05, 3.63) is 101 Å². The molecule has 2 aliphatic rings. The molecule has 2 aliphatic carbocycles. The molecular weight excluding hydrogens is 552 g/mol. The number of hydrogen-bond acceptors (Lipinski definition) is 5. The molecule has 0 bridgehead atoms. The number of rotatable bonds is 9. The Labute approximate surface area is 246 Å². The third-order valence-corrected chi connectivity index (χ3v) is 10.7. The van der Waals surface area contributed by atoms with Crippen molar-refractivity contribution in [3.63, 3.8) is 0 Å². The van der Waals surface area contributed by atoms with E-state index in [4.69, 9.17) is 0 Å². The molecule has 3 aromatic rings. The van der Waals surface area contributed by atoms with E-state index in [9.17, 15) is 28.2 Å². The molecule has 1 amide bonds. The number of anilines is 1. The van der Waals surface area contributed by atoms with Crippen LogP contribution in [-0.2, 0) is 26.1 Å². The normalized spacial score (nSPS) is 18.8. The molecule has 3 N–H and O–H groups in total. The average molecular weight is 589 g/mol. The van der Waals surface area contributed by atoms with E-state index in [-0.39, 0.29) is 24.2 Å². The minimum atomic E-state index is -4.00. The van der Waals surface area contributed by atoms with Crippen LogP contribution in [0.5, 0.6) is 5.75 Å². The first kappa shape index (κ1) is 29.5. The van der Waals surface area contributed by atoms with Crippen molar-refractivity contribution in [2.24, 2.45) is 0 Å². The minimum absolute atomic E-state index is 0.111. The van der Waals surface area contributed by atoms with Gasteiger partial charge < -0.3 is 15.1 Å². The average Bonchev–Trinajstić information content (AvgIpc) is 2.99. The van der Waals surface area contributed by atoms with Crippen LogP contribution in [0.15, 0.2) is 72.8 Å². The highest BCUT2D eigenvalue weighted by Gasteiger charge is 2.42. The summed E-state index contributed by atoms with van der Waals surface area (Å²) in [6.07, 6.45) is 10.0. The summed E-state index contributed by atoms with van der Waals surface area (Å²) in [4.78, 5) is 26.5. The minimum Gasteiger partial charge on any atom is -0.507 e. The molecule has 1 fully saturated rings. The number of nitrogens with zero attached hydrogens (tertiary/aromatic N) is 1. The highest BCUT2D eigenvalue weighted by atomic mass is 32.2. The lowest BCUT2D eigenvalue weighted by molar-refractivity contribution is -0.117. The van der Waals surface area contributed by atoms with Crippen molar-refractivity contribution in [2.75, 3.05) is 11.4 Å². The summed E-state index contributed by atoms with van der Waals surface area (Å²) in [7, 11) is -4.00. The van der Waals surface area contributed by atoms with Gasteiger partial charge >= 0.3 is 5.97 Å². The summed E-state index contributed by atoms with van der Waals surface area (Å²) < 4.78 is 28.5. The number of phenols is 1. The number of carbonyl (C=O) groups is 2. The fourth-order valence-corrected chi connectivity index (χ4v) is 7.44. The zero-order valence-corrected chi connectivity index (χ0v) is 24.4. The Morgan fingerprint density at radius 3 is 2.40 bits per heavy atom. The highest BCUT2D eigenvalue weighted by molar-refractivity contribution is 7.90. The first-order chi connectivity index (χ1) is 20.1. The molecule has 0 spiro atoms. The van der Waals surface area contributed by atoms with E-state index in [1.807, 2.05) is 36.4 Å². The standard InChI is InChI=1S/C33H36N2O6S/c1-33(19-7-11-26-10-5-6-12-29(26)33)42(40,41)34-21-31(37)35(27-17-18-28(32(38)39)30(36)20-27)22-23-13-15-25(16-14-23)24-8-3-2-4-9-24/h5-7,10-18,20,24,34,36H,2-4,8-9,19,21-22H2,1H3,(H,38,39). The number of nitrogens with one attached hydrogen (secondary N) is 1. The van der Waals surface area contributed by atoms with Gasteiger partial charge in [0.05, 0.1) is 13.1 Å². The van der Waals surface area contributed by atoms with Crippen LogP contribution in [0.2, 0.25) is 0 Å². The Morgan fingerprint density at radius 2 is 1.71 bits per heavy atom. The predicted molar refractivity (Wildman–Crippen MR) is 163 cm³/mol. The lowest BCUT2D eigenvalue weighted by atomic mass is 9.84. The van der Waals surface area contributed by atoms with Crippen LogP contribution >= 0.6 is 0 Å². The number of aromatic hydroxyl groups is 1. The zero-order valence-electron chi connectivity index (χ0n) is 23.6. The Balaban J connectivity index is 1.39. The van der Waals surface area contributed by atoms with Gasteiger partial charge in [0, 0.05) is 11.8 Å². The number of carboxylic acid groups (broad SMARTS) is 1. The summed E-state index contributed by atoms with van der Waals surface area (Å²) in [5.41, 5.74) is 3.54. The van der Waals surface area contributed by atoms with Gasteiger partial charge in [-0.2, -0.15) is 0 Å². The predicted octanol–water partition coefficient (Wildman–Crippen LogP) is 5.92. The molecule has 3 aromatic carbocycles. The molecule has 5 rings (SSSR count). The molecule has 0 saturated heterocycles. The van der Waals surface area contributed by atoms with Crippen LogP contribution in [0.3, 0.4) is 0 Å². The highest BCUT2D eigenvalue weighted by Crippen LogP contribution is 2.39. The Hall–Kier alpha value is -3.95. The van der Waals surface area contributed by atoms with Crippen molar-refractivity contribution in [1.82, 2.24) is 4.72 Å². The molecule has 0 aromatic heterocycles. The van der Waals surface area contributed by atoms with Gasteiger partial charge in [0.15, 0.2) is 0 Å². The molecule has 0 heterocycles. The fourth-order valence-electron chi connectivity index (χ4n) is 6.02. The molecule has 1 unspecified atom stereocenters. The molecule has 1 saturated carbocycles. The Bertz CT molecular complexity index is 1610. The summed E-state index contributed by atoms with van der Waals surface area (Å²) in [5, 5.41) is 19.7. The number of sulfonamides is 1. The third kappa shape index (κ3) is 5.98. The topological polar surface area (TPSA) is 124 Å². The van der Waals surface area contributed by atoms with E-state index in [0.29, 0.717) is 11.5 Å². The second-order valence-electron chi connectivity index (χ2n) is 11.3. The van der Waals surface area contributed by atoms with Crippen molar-refractivity contribution >= 4 is 33.7 Å². The summed E-state index contributed by atoms with van der Waals surface area (Å²) in [5.74, 6) is -1.79. The van der Waals surface area contributed by atoms with Crippen LogP contribution in [-0.4, -0.2) is 37.1 Å². The van der Waals surface area contributed by atoms with Gasteiger partial charge in [-0.3, -0.25) is 4.79 Å². The van der Waals surface area contributed by atoms with Crippen LogP contribution in [0.1, 0.15) is 84.0 Å². The van der Waals surface area contributed by atoms with E-state index in [1.54, 1.807) is 19.1 Å². The largest absolute Gasteiger partial charge is 0.507 e. The van der Waals surface area contributed by atoms with E-state index >= 15 is 0 Å². The van der Waals surface area contributed by atoms with Gasteiger partial charge in [0.1, 0.15) is 16.1 Å². The second kappa shape index (κ2) is 12.1. The van der Waals surface area contributed by atoms with E-state index in [0.717, 1.165) is 11.1 Å². The number of carbonyl (C=O) groups excluding carboxylic acids is 1. The van der Waals surface area contributed by atoms with E-state index in [1.165, 1.54) is 60.8 Å². The SMILES string of the molecule is CC1(S(=O)(=O)NCC(=O)N(Cc2ccc(C3CCCCC3)cc2)c2ccc(C(=O)O)c(O)c2)CC=Cc2ccccc21. The number of carboxylic acids is 1. The lowest BCUT2D eigenvalue weighted by Crippen LogP contribution is -2.47. The maximum atomic E-state index is 13.7. The Morgan fingerprint density at radius 1 is 1.00 bits per heavy atom. The number of fused-ring (bicyclic) bond motifs is 1. The van der Waals surface area contributed by atoms with Crippen molar-refractivity contribution in [3.8, 4) is 5.75 Å². The lowest BCUT2D eigenvalue weighted by Gasteiger charge is -2.33. The van der Waals surface area contributed by atoms with Gasteiger partial charge in [-0.25, -0.2) is 17.9 Å². The maximum absolute atomic E-state index is 13.7. The molecule has 220 valence electrons. The second-order valence-corrected chi connectivity index (χ2v) is 13.5. The van der Waals surface area contributed by atoms with Crippen molar-refractivity contribution in [2.45, 2.75) is 62.7 Å². The molecule has 42 heavy (non-hydrogen) atoms. The number of amides is 1. The molecule has 8 nitrogen and oxygen atoms in total. The first-order valence-electron chi connectivity index (χ1n) is 14.3. The van der Waals surface area contributed by atoms with Gasteiger partial charge in [-0.15, -0.1) is 0 Å². The first-order valence-corrected chi connectivity index (χ1v) is 15.8. The summed E-state index contributed by atoms with van der Waals surface area (Å²) in [6.45, 7) is 1.25. The number of hydrogen-bond donors (Lipinski definition) is 3. The van der Waals surface area contributed by atoms with Crippen LogP contribution in [0.25, 0.3) is 6.08 Å². The summed E-state index contributed by atoms with van der Waals surface area (Å²) >= 11 is 0. The van der Waals surface area contributed by atoms with Crippen LogP contribution in [0, 0.1) is 0 Å². The zero-order chi connectivity index (χ0) is 29.9. The van der Waals surface area contributed by atoms with Gasteiger partial charge in [0.25, 0.3) is 0 Å². The monoisotopic (exact) mass is 588 g/mol. The quantitative estimate of drug-likeness (QED) is 0.285. The molecule has 0 aliphatic heterocycles. The van der Waals surface area contributed by atoms with Gasteiger partial charge in [-0.05, 0) is 66.5 Å². The Kier molecular flexibility index (Phi) is 8.52. The van der Waals surface area contributed by atoms with Gasteiger partial charge in [-0.1, -0.05) is 79.9 Å². The molecule has 1 atom stereocenters. The fraction of sp³-hybridized carbons (Fsp3) is 0.333. The van der Waals surface area contributed by atoms with E-state index in [2.05, 4.69) is 16.9 Å². The van der Waals surface area contributed by atoms with Crippen molar-refractivity contribution < 1.29 is 28.2 Å². The number of allylic oxidation sites excluding steroid dienone is 1. The van der Waals surface area contributed by atoms with Gasteiger partial charge in [0.2, 0.25) is 15.9 Å². The molecule has 9 heteroatoms. The van der Waals surface area contributed by atoms with Crippen LogP contribution in [0.4, 0.5) is 5.69 Å². The smallest absolute Gasteiger partial charge is 0.339 e. The maximum Gasteiger partial charge on any atom is 0.339 e. The van der Waals surface area contributed by atoms with Crippen LogP contribution < -0.4 is 9.62 Å². The number of benzene rings is 3. The number of aromatic carboxylic acids is 1. The molecule has 0 radical (unpaired) electrons. The van der Waals surface area contributed by atoms with E-state index < -0.39 is 38.9 Å². The van der Waals surface area contributed by atoms with Crippen molar-refractivity contribution in [1.29, 1.82) is 0 Å². The molecular formula is C33H36N2O6S. The summed E-state index contributed by atoms with van der Waals surface area (Å²) in [6, 6.07) is 19.3. The third-order valence-electron chi connectivity index (χ3n) is 8.56.